The zero-order valence-corrected chi connectivity index (χ0v) is 14.9. The number of carbonyl (C=O) groups excluding carboxylic acids is 1. The molecule has 0 bridgehead atoms. The lowest BCUT2D eigenvalue weighted by Gasteiger charge is -2.31. The third-order valence-electron chi connectivity index (χ3n) is 4.59. The largest absolute Gasteiger partial charge is 0.497 e. The highest BCUT2D eigenvalue weighted by atomic mass is 16.5. The summed E-state index contributed by atoms with van der Waals surface area (Å²) in [6.07, 6.45) is 4.10. The van der Waals surface area contributed by atoms with Gasteiger partial charge in [-0.05, 0) is 50.3 Å². The van der Waals surface area contributed by atoms with Gasteiger partial charge < -0.3 is 19.9 Å². The molecular weight excluding hydrogens is 322 g/mol. The Kier molecular flexibility index (Phi) is 6.82. The van der Waals surface area contributed by atoms with Crippen LogP contribution in [0.1, 0.15) is 51.0 Å². The van der Waals surface area contributed by atoms with Gasteiger partial charge in [-0.1, -0.05) is 12.1 Å². The fraction of sp³-hybridized carbons (Fsp3) is 0.579. The van der Waals surface area contributed by atoms with Crippen molar-refractivity contribution >= 4 is 11.9 Å². The molecule has 0 saturated carbocycles. The second-order valence-electron chi connectivity index (χ2n) is 6.71. The topological polar surface area (TPSA) is 84.9 Å². The Morgan fingerprint density at radius 2 is 2.20 bits per heavy atom. The second-order valence-corrected chi connectivity index (χ2v) is 6.71. The minimum Gasteiger partial charge on any atom is -0.497 e. The average Bonchev–Trinajstić information content (AvgIpc) is 2.60. The van der Waals surface area contributed by atoms with Gasteiger partial charge in [0.2, 0.25) is 5.91 Å². The van der Waals surface area contributed by atoms with Crippen LogP contribution in [0.2, 0.25) is 0 Å². The van der Waals surface area contributed by atoms with Crippen LogP contribution in [0, 0.1) is 0 Å². The monoisotopic (exact) mass is 349 g/mol. The summed E-state index contributed by atoms with van der Waals surface area (Å²) in [6, 6.07) is 7.13. The number of carbonyl (C=O) groups is 2. The zero-order valence-electron chi connectivity index (χ0n) is 14.9. The van der Waals surface area contributed by atoms with E-state index in [4.69, 9.17) is 9.47 Å². The summed E-state index contributed by atoms with van der Waals surface area (Å²) in [7, 11) is 1.55. The van der Waals surface area contributed by atoms with Crippen LogP contribution in [0.15, 0.2) is 24.3 Å². The van der Waals surface area contributed by atoms with Crippen LogP contribution in [0.5, 0.6) is 5.75 Å². The van der Waals surface area contributed by atoms with E-state index in [-0.39, 0.29) is 18.4 Å². The minimum absolute atomic E-state index is 0.127. The van der Waals surface area contributed by atoms with Gasteiger partial charge in [0.1, 0.15) is 5.75 Å². The molecule has 6 heteroatoms. The number of hydrogen-bond acceptors (Lipinski definition) is 4. The molecule has 2 unspecified atom stereocenters. The van der Waals surface area contributed by atoms with Gasteiger partial charge in [-0.2, -0.15) is 0 Å². The molecule has 2 atom stereocenters. The van der Waals surface area contributed by atoms with Crippen molar-refractivity contribution < 1.29 is 24.2 Å². The molecule has 1 fully saturated rings. The second kappa shape index (κ2) is 8.85. The smallest absolute Gasteiger partial charge is 0.306 e. The lowest BCUT2D eigenvalue weighted by atomic mass is 9.88. The standard InChI is InChI=1S/C19H27NO5/c1-19(13-18(22)23,14-6-5-8-16(12-14)24-2)20-17(21)10-9-15-7-3-4-11-25-15/h5-6,8,12,15H,3-4,7,9-11,13H2,1-2H3,(H,20,21)(H,22,23). The summed E-state index contributed by atoms with van der Waals surface area (Å²) in [5, 5.41) is 12.2. The number of carboxylic acids is 1. The molecule has 1 saturated heterocycles. The molecule has 2 N–H and O–H groups in total. The van der Waals surface area contributed by atoms with Gasteiger partial charge >= 0.3 is 5.97 Å². The van der Waals surface area contributed by atoms with E-state index in [0.29, 0.717) is 24.2 Å². The van der Waals surface area contributed by atoms with Gasteiger partial charge in [0.25, 0.3) is 0 Å². The number of aliphatic carboxylic acids is 1. The molecule has 0 radical (unpaired) electrons. The van der Waals surface area contributed by atoms with Crippen molar-refractivity contribution in [3.05, 3.63) is 29.8 Å². The number of carboxylic acid groups (broad SMARTS) is 1. The molecule has 1 aromatic carbocycles. The summed E-state index contributed by atoms with van der Waals surface area (Å²) >= 11 is 0. The molecule has 0 spiro atoms. The molecule has 1 aliphatic rings. The number of benzene rings is 1. The van der Waals surface area contributed by atoms with E-state index in [2.05, 4.69) is 5.32 Å². The molecule has 1 aliphatic heterocycles. The number of hydrogen-bond donors (Lipinski definition) is 2. The van der Waals surface area contributed by atoms with Crippen molar-refractivity contribution in [2.45, 2.75) is 57.1 Å². The van der Waals surface area contributed by atoms with Crippen LogP contribution in [-0.2, 0) is 19.9 Å². The van der Waals surface area contributed by atoms with Crippen molar-refractivity contribution in [3.63, 3.8) is 0 Å². The van der Waals surface area contributed by atoms with E-state index < -0.39 is 11.5 Å². The van der Waals surface area contributed by atoms with E-state index in [1.165, 1.54) is 0 Å². The maximum absolute atomic E-state index is 12.4. The summed E-state index contributed by atoms with van der Waals surface area (Å²) < 4.78 is 10.9. The summed E-state index contributed by atoms with van der Waals surface area (Å²) in [6.45, 7) is 2.48. The van der Waals surface area contributed by atoms with Crippen LogP contribution in [-0.4, -0.2) is 36.8 Å². The first kappa shape index (κ1) is 19.2. The maximum Gasteiger partial charge on any atom is 0.306 e. The Hall–Kier alpha value is -2.08. The third kappa shape index (κ3) is 5.74. The van der Waals surface area contributed by atoms with Crippen molar-refractivity contribution in [3.8, 4) is 5.75 Å². The first-order chi connectivity index (χ1) is 11.9. The SMILES string of the molecule is COc1cccc(C(C)(CC(=O)O)NC(=O)CCC2CCCCO2)c1. The van der Waals surface area contributed by atoms with Gasteiger partial charge in [0.05, 0.1) is 25.2 Å². The van der Waals surface area contributed by atoms with E-state index in [9.17, 15) is 14.7 Å². The fourth-order valence-electron chi connectivity index (χ4n) is 3.18. The van der Waals surface area contributed by atoms with Crippen LogP contribution in [0.25, 0.3) is 0 Å². The molecule has 25 heavy (non-hydrogen) atoms. The Morgan fingerprint density at radius 1 is 1.40 bits per heavy atom. The molecule has 138 valence electrons. The summed E-state index contributed by atoms with van der Waals surface area (Å²) in [5.74, 6) is -0.513. The summed E-state index contributed by atoms with van der Waals surface area (Å²) in [4.78, 5) is 23.7. The van der Waals surface area contributed by atoms with Gasteiger partial charge in [-0.15, -0.1) is 0 Å². The molecule has 2 rings (SSSR count). The van der Waals surface area contributed by atoms with Crippen LogP contribution in [0.4, 0.5) is 0 Å². The summed E-state index contributed by atoms with van der Waals surface area (Å²) in [5.41, 5.74) is -0.290. The van der Waals surface area contributed by atoms with Gasteiger partial charge in [0.15, 0.2) is 0 Å². The zero-order chi connectivity index (χ0) is 18.3. The lowest BCUT2D eigenvalue weighted by Crippen LogP contribution is -2.45. The Balaban J connectivity index is 2.04. The average molecular weight is 349 g/mol. The Labute approximate surface area is 148 Å². The van der Waals surface area contributed by atoms with Gasteiger partial charge in [-0.25, -0.2) is 0 Å². The third-order valence-corrected chi connectivity index (χ3v) is 4.59. The molecule has 1 aromatic rings. The highest BCUT2D eigenvalue weighted by molar-refractivity contribution is 5.78. The number of nitrogens with one attached hydrogen (secondary N) is 1. The van der Waals surface area contributed by atoms with Crippen LogP contribution >= 0.6 is 0 Å². The highest BCUT2D eigenvalue weighted by Gasteiger charge is 2.32. The van der Waals surface area contributed by atoms with E-state index in [1.807, 2.05) is 0 Å². The maximum atomic E-state index is 12.4. The normalized spacial score (nSPS) is 19.7. The van der Waals surface area contributed by atoms with Crippen molar-refractivity contribution in [1.82, 2.24) is 5.32 Å². The molecule has 1 amide bonds. The molecule has 0 aromatic heterocycles. The first-order valence-electron chi connectivity index (χ1n) is 8.72. The number of amides is 1. The van der Waals surface area contributed by atoms with Crippen molar-refractivity contribution in [1.29, 1.82) is 0 Å². The molecule has 1 heterocycles. The van der Waals surface area contributed by atoms with Gasteiger partial charge in [0, 0.05) is 13.0 Å². The number of rotatable bonds is 8. The number of methoxy groups -OCH3 is 1. The Bertz CT molecular complexity index is 597. The molecule has 6 nitrogen and oxygen atoms in total. The minimum atomic E-state index is -0.995. The quantitative estimate of drug-likeness (QED) is 0.754. The predicted molar refractivity (Wildman–Crippen MR) is 93.6 cm³/mol. The van der Waals surface area contributed by atoms with Gasteiger partial charge in [-0.3, -0.25) is 9.59 Å². The fourth-order valence-corrected chi connectivity index (χ4v) is 3.18. The Morgan fingerprint density at radius 3 is 2.84 bits per heavy atom. The highest BCUT2D eigenvalue weighted by Crippen LogP contribution is 2.28. The molecule has 0 aliphatic carbocycles. The van der Waals surface area contributed by atoms with E-state index >= 15 is 0 Å². The first-order valence-corrected chi connectivity index (χ1v) is 8.72. The van der Waals surface area contributed by atoms with E-state index in [1.54, 1.807) is 38.3 Å². The predicted octanol–water partition coefficient (Wildman–Crippen LogP) is 2.85. The van der Waals surface area contributed by atoms with Crippen LogP contribution < -0.4 is 10.1 Å². The number of ether oxygens (including phenoxy) is 2. The van der Waals surface area contributed by atoms with Crippen LogP contribution in [0.3, 0.4) is 0 Å². The van der Waals surface area contributed by atoms with E-state index in [0.717, 1.165) is 25.9 Å². The lowest BCUT2D eigenvalue weighted by molar-refractivity contribution is -0.139. The van der Waals surface area contributed by atoms with Crippen molar-refractivity contribution in [2.24, 2.45) is 0 Å². The van der Waals surface area contributed by atoms with Crippen molar-refractivity contribution in [2.75, 3.05) is 13.7 Å². The molecular formula is C19H27NO5.